The lowest BCUT2D eigenvalue weighted by atomic mass is 9.81. The quantitative estimate of drug-likeness (QED) is 0.0172. The van der Waals surface area contributed by atoms with E-state index in [1.54, 1.807) is 58.9 Å². The molecule has 0 spiro atoms. The molecule has 6 fully saturated rings. The van der Waals surface area contributed by atoms with Gasteiger partial charge in [-0.25, -0.2) is 4.79 Å². The van der Waals surface area contributed by atoms with Gasteiger partial charge in [0.1, 0.15) is 73.2 Å². The van der Waals surface area contributed by atoms with Gasteiger partial charge in [-0.1, -0.05) is 181 Å². The molecule has 8 N–H and O–H groups in total. The summed E-state index contributed by atoms with van der Waals surface area (Å²) < 4.78 is 84.6. The van der Waals surface area contributed by atoms with Gasteiger partial charge in [0.15, 0.2) is 43.5 Å². The topological polar surface area (TPSA) is 333 Å². The van der Waals surface area contributed by atoms with Crippen molar-refractivity contribution in [2.75, 3.05) is 13.2 Å². The summed E-state index contributed by atoms with van der Waals surface area (Å²) in [7, 11) is 0. The molecule has 1 saturated carbocycles. The maximum atomic E-state index is 14.6. The smallest absolute Gasteiger partial charge is 0.331 e. The summed E-state index contributed by atoms with van der Waals surface area (Å²) in [5.41, 5.74) is 0.673. The van der Waals surface area contributed by atoms with Crippen molar-refractivity contribution in [3.63, 3.8) is 0 Å². The molecule has 0 aromatic heterocycles. The maximum absolute atomic E-state index is 14.6. The predicted octanol–water partition coefficient (Wildman–Crippen LogP) is 7.70. The normalized spacial score (nSPS) is 38.6. The van der Waals surface area contributed by atoms with Crippen molar-refractivity contribution in [3.8, 4) is 0 Å². The molecular formula is C73H120O24. The summed E-state index contributed by atoms with van der Waals surface area (Å²) in [6, 6.07) is 8.94. The summed E-state index contributed by atoms with van der Waals surface area (Å²) in [5, 5.41) is 92.9. The average molecular weight is 1380 g/mol. The van der Waals surface area contributed by atoms with Gasteiger partial charge in [-0.2, -0.15) is 0 Å². The van der Waals surface area contributed by atoms with Crippen molar-refractivity contribution < 1.29 is 117 Å². The second kappa shape index (κ2) is 41.7. The van der Waals surface area contributed by atoms with Crippen molar-refractivity contribution >= 4 is 24.0 Å². The standard InChI is InChI=1S/C73H120O24/c1-9-12-14-15-16-17-21-24-31-37-52(75)93-68-67(97-70-58(81)56(79)55(78)51(42-74)91-70)63(96-71-60(83)65(62(46(7)87-71)94-69(84)43(4)11-3)92-53(76)39-38-48-33-28-26-29-34-48)47(8)88-73(68)95-61-44(5)41-50-64(59(61)82)85-40-32-25-22-19-18-20-23-30-36-49(35-27-13-10-2)89-72-66(90-50)57(80)54(77)45(6)86-72/h26,28-29,33-34,38-39,43-47,49-51,54-68,70-74,77-83H,9-25,27,30-32,35-37,40-42H2,1-8H3/b39-38+/t43-,44+,45-,46+,47+,49?,50+,51-,54+,55-,56+,57+,58-,59-,60-,61-,62+,63+,64+,65+,66-,67-,68-,70+,71+,72+,73+/m1/s1. The summed E-state index contributed by atoms with van der Waals surface area (Å²) in [5.74, 6) is -3.48. The van der Waals surface area contributed by atoms with Crippen molar-refractivity contribution in [1.29, 1.82) is 0 Å². The fourth-order valence-corrected chi connectivity index (χ4v) is 13.9. The fraction of sp³-hybridized carbons (Fsp3) is 0.849. The molecule has 1 aliphatic carbocycles. The molecule has 24 heteroatoms. The number of rotatable bonds is 28. The van der Waals surface area contributed by atoms with Crippen LogP contribution < -0.4 is 0 Å². The number of fused-ring (bicyclic) bond motifs is 2. The molecule has 97 heavy (non-hydrogen) atoms. The van der Waals surface area contributed by atoms with Gasteiger partial charge < -0.3 is 102 Å². The Hall–Kier alpha value is -3.35. The molecule has 7 rings (SSSR count). The van der Waals surface area contributed by atoms with Crippen LogP contribution in [0.5, 0.6) is 0 Å². The van der Waals surface area contributed by atoms with Crippen LogP contribution in [-0.4, -0.2) is 225 Å². The molecule has 556 valence electrons. The molecular weight excluding hydrogens is 1260 g/mol. The van der Waals surface area contributed by atoms with Crippen LogP contribution in [-0.2, 0) is 76.0 Å². The first-order valence-electron chi connectivity index (χ1n) is 36.9. The minimum Gasteiger partial charge on any atom is -0.455 e. The van der Waals surface area contributed by atoms with E-state index in [4.69, 9.17) is 61.6 Å². The summed E-state index contributed by atoms with van der Waals surface area (Å²) in [4.78, 5) is 41.8. The first-order chi connectivity index (χ1) is 46.7. The van der Waals surface area contributed by atoms with Crippen molar-refractivity contribution in [2.24, 2.45) is 11.8 Å². The predicted molar refractivity (Wildman–Crippen MR) is 355 cm³/mol. The van der Waals surface area contributed by atoms with Crippen LogP contribution in [0.1, 0.15) is 221 Å². The molecule has 1 unspecified atom stereocenters. The van der Waals surface area contributed by atoms with Gasteiger partial charge in [-0.05, 0) is 76.9 Å². The van der Waals surface area contributed by atoms with Gasteiger partial charge in [0.05, 0.1) is 49.1 Å². The third-order valence-electron chi connectivity index (χ3n) is 20.2. The van der Waals surface area contributed by atoms with E-state index < -0.39 is 184 Å². The number of aliphatic hydroxyl groups excluding tert-OH is 8. The minimum atomic E-state index is -2.00. The zero-order chi connectivity index (χ0) is 70.1. The van der Waals surface area contributed by atoms with Crippen LogP contribution in [0, 0.1) is 11.8 Å². The van der Waals surface area contributed by atoms with Crippen molar-refractivity contribution in [3.05, 3.63) is 42.0 Å². The Bertz CT molecular complexity index is 2420. The van der Waals surface area contributed by atoms with Crippen LogP contribution in [0.3, 0.4) is 0 Å². The number of carbonyl (C=O) groups excluding carboxylic acids is 3. The third-order valence-corrected chi connectivity index (χ3v) is 20.2. The lowest BCUT2D eigenvalue weighted by Gasteiger charge is -2.51. The summed E-state index contributed by atoms with van der Waals surface area (Å²) in [6.07, 6.45) is -11.5. The van der Waals surface area contributed by atoms with Gasteiger partial charge in [0, 0.05) is 19.1 Å². The van der Waals surface area contributed by atoms with Gasteiger partial charge in [-0.15, -0.1) is 0 Å². The maximum Gasteiger partial charge on any atom is 0.331 e. The zero-order valence-corrected chi connectivity index (χ0v) is 58.8. The number of benzene rings is 1. The van der Waals surface area contributed by atoms with Crippen LogP contribution >= 0.6 is 0 Å². The Morgan fingerprint density at radius 1 is 0.536 bits per heavy atom. The van der Waals surface area contributed by atoms with E-state index in [9.17, 15) is 55.2 Å². The van der Waals surface area contributed by atoms with Crippen LogP contribution in [0.4, 0.5) is 0 Å². The molecule has 5 aliphatic heterocycles. The van der Waals surface area contributed by atoms with Crippen LogP contribution in [0.15, 0.2) is 36.4 Å². The fourth-order valence-electron chi connectivity index (χ4n) is 13.9. The second-order valence-corrected chi connectivity index (χ2v) is 28.0. The molecule has 5 saturated heterocycles. The van der Waals surface area contributed by atoms with Crippen LogP contribution in [0.2, 0.25) is 0 Å². The number of hydrogen-bond donors (Lipinski definition) is 8. The van der Waals surface area contributed by atoms with E-state index in [0.29, 0.717) is 31.2 Å². The van der Waals surface area contributed by atoms with E-state index >= 15 is 0 Å². The lowest BCUT2D eigenvalue weighted by Crippen LogP contribution is -2.68. The Labute approximate surface area is 574 Å². The van der Waals surface area contributed by atoms with Crippen molar-refractivity contribution in [1.82, 2.24) is 0 Å². The van der Waals surface area contributed by atoms with Crippen LogP contribution in [0.25, 0.3) is 6.08 Å². The molecule has 6 aliphatic rings. The molecule has 5 heterocycles. The monoisotopic (exact) mass is 1380 g/mol. The Balaban J connectivity index is 1.24. The van der Waals surface area contributed by atoms with E-state index in [1.165, 1.54) is 12.5 Å². The highest BCUT2D eigenvalue weighted by molar-refractivity contribution is 5.87. The molecule has 1 aromatic carbocycles. The Kier molecular flexibility index (Phi) is 34.8. The number of hydrogen-bond acceptors (Lipinski definition) is 24. The highest BCUT2D eigenvalue weighted by Crippen LogP contribution is 2.41. The molecule has 1 aromatic rings. The minimum absolute atomic E-state index is 0.0802. The molecule has 24 nitrogen and oxygen atoms in total. The number of aliphatic hydroxyl groups is 8. The van der Waals surface area contributed by atoms with Gasteiger partial charge >= 0.3 is 17.9 Å². The van der Waals surface area contributed by atoms with Crippen molar-refractivity contribution in [2.45, 2.75) is 369 Å². The van der Waals surface area contributed by atoms with E-state index in [1.807, 2.05) is 13.0 Å². The van der Waals surface area contributed by atoms with Gasteiger partial charge in [0.2, 0.25) is 0 Å². The zero-order valence-electron chi connectivity index (χ0n) is 58.8. The van der Waals surface area contributed by atoms with E-state index in [0.717, 1.165) is 122 Å². The number of ether oxygens (including phenoxy) is 13. The van der Waals surface area contributed by atoms with Gasteiger partial charge in [-0.3, -0.25) is 9.59 Å². The third kappa shape index (κ3) is 23.6. The first kappa shape index (κ1) is 81.0. The SMILES string of the molecule is CCCCCCCCCCCC(=O)O[C@H]1[C@H](O[C@H]2[C@@H](O)[C@H]3OCCCCCCCCCCC(CCCCC)O[C@@H]4O[C@H](C)[C@H](O)[C@H](O)[C@H]4O[C@H]3C[C@@H]2C)O[C@@H](C)[C@H](O[C@@H]2O[C@@H](C)[C@H](OC(=O)[C@H](C)CC)[C@@H](OC(=O)/C=C/c3ccccc3)[C@H]2O)[C@H]1O[C@@H]1O[C@H](CO)[C@@H](O)[C@H](O)[C@H]1O. The molecule has 0 bridgehead atoms. The average Bonchev–Trinajstić information content (AvgIpc) is 0.746. The molecule has 0 amide bonds. The second-order valence-electron chi connectivity index (χ2n) is 28.0. The highest BCUT2D eigenvalue weighted by atomic mass is 16.8. The Morgan fingerprint density at radius 3 is 1.82 bits per heavy atom. The summed E-state index contributed by atoms with van der Waals surface area (Å²) >= 11 is 0. The number of unbranched alkanes of at least 4 members (excludes halogenated alkanes) is 10. The molecule has 0 radical (unpaired) electrons. The van der Waals surface area contributed by atoms with E-state index in [2.05, 4.69) is 13.8 Å². The first-order valence-corrected chi connectivity index (χ1v) is 36.9. The number of carbonyl (C=O) groups is 3. The summed E-state index contributed by atoms with van der Waals surface area (Å²) in [6.45, 7) is 13.8. The Morgan fingerprint density at radius 2 is 1.14 bits per heavy atom. The molecule has 27 atom stereocenters. The van der Waals surface area contributed by atoms with Gasteiger partial charge in [0.25, 0.3) is 0 Å². The van der Waals surface area contributed by atoms with E-state index in [-0.39, 0.29) is 25.6 Å². The highest BCUT2D eigenvalue weighted by Gasteiger charge is 2.59. The lowest BCUT2D eigenvalue weighted by molar-refractivity contribution is -0.390. The largest absolute Gasteiger partial charge is 0.455 e. The number of esters is 3.